The van der Waals surface area contributed by atoms with E-state index in [-0.39, 0.29) is 19.1 Å². The maximum atomic E-state index is 12.8. The molecule has 8 nitrogen and oxygen atoms in total. The van der Waals surface area contributed by atoms with Crippen LogP contribution < -0.4 is 10.2 Å². The highest BCUT2D eigenvalue weighted by molar-refractivity contribution is 7.45. The molecule has 0 aliphatic heterocycles. The number of amides is 1. The van der Waals surface area contributed by atoms with E-state index in [1.807, 2.05) is 21.1 Å². The Labute approximate surface area is 308 Å². The Morgan fingerprint density at radius 1 is 0.700 bits per heavy atom. The van der Waals surface area contributed by atoms with Crippen LogP contribution in [0.5, 0.6) is 0 Å². The first-order chi connectivity index (χ1) is 24.0. The molecule has 9 heteroatoms. The monoisotopic (exact) mass is 727 g/mol. The fourth-order valence-electron chi connectivity index (χ4n) is 5.53. The Hall–Kier alpha value is -1.28. The van der Waals surface area contributed by atoms with Crippen molar-refractivity contribution >= 4 is 13.7 Å². The fraction of sp³-hybridized carbons (Fsp3) is 0.829. The zero-order valence-electron chi connectivity index (χ0n) is 33.1. The van der Waals surface area contributed by atoms with Crippen molar-refractivity contribution in [3.05, 3.63) is 36.5 Å². The second-order valence-electron chi connectivity index (χ2n) is 15.0. The number of hydrogen-bond donors (Lipinski definition) is 2. The number of phosphoric acid groups is 1. The molecule has 0 aromatic rings. The highest BCUT2D eigenvalue weighted by atomic mass is 31.2. The van der Waals surface area contributed by atoms with E-state index in [2.05, 4.69) is 55.6 Å². The summed E-state index contributed by atoms with van der Waals surface area (Å²) in [6.07, 6.45) is 38.6. The summed E-state index contributed by atoms with van der Waals surface area (Å²) in [4.78, 5) is 25.2. The smallest absolute Gasteiger partial charge is 0.268 e. The summed E-state index contributed by atoms with van der Waals surface area (Å²) in [6, 6.07) is -0.822. The number of unbranched alkanes of at least 4 members (excludes halogenated alkanes) is 17. The molecular weight excluding hydrogens is 647 g/mol. The fourth-order valence-corrected chi connectivity index (χ4v) is 6.26. The van der Waals surface area contributed by atoms with Crippen LogP contribution in [0.4, 0.5) is 0 Å². The number of likely N-dealkylation sites (N-methyl/N-ethyl adjacent to an activating group) is 1. The molecule has 0 fully saturated rings. The number of aliphatic hydroxyl groups excluding tert-OH is 1. The van der Waals surface area contributed by atoms with E-state index in [0.29, 0.717) is 23.9 Å². The van der Waals surface area contributed by atoms with Crippen molar-refractivity contribution in [3.63, 3.8) is 0 Å². The normalized spacial score (nSPS) is 14.9. The Bertz CT molecular complexity index is 917. The van der Waals surface area contributed by atoms with Crippen LogP contribution in [0.15, 0.2) is 36.5 Å². The van der Waals surface area contributed by atoms with Crippen LogP contribution in [0.3, 0.4) is 0 Å². The zero-order valence-corrected chi connectivity index (χ0v) is 34.0. The SMILES string of the molecule is CCCCC/C=C/C/C=C/CCCCCCCC(=O)N[C@@H](COP(=O)([O-])OCC[N+](C)(C)C)[C@H](O)CCCC/C=C/CCCCCCCCC. The van der Waals surface area contributed by atoms with E-state index < -0.39 is 20.0 Å². The van der Waals surface area contributed by atoms with E-state index >= 15 is 0 Å². The minimum absolute atomic E-state index is 0.00313. The quantitative estimate of drug-likeness (QED) is 0.0288. The highest BCUT2D eigenvalue weighted by Gasteiger charge is 2.24. The summed E-state index contributed by atoms with van der Waals surface area (Å²) in [5.41, 5.74) is 0. The zero-order chi connectivity index (χ0) is 37.2. The number of allylic oxidation sites excluding steroid dienone is 6. The summed E-state index contributed by atoms with van der Waals surface area (Å²) in [5.74, 6) is -0.191. The lowest BCUT2D eigenvalue weighted by Gasteiger charge is -2.30. The van der Waals surface area contributed by atoms with Crippen LogP contribution in [-0.2, 0) is 18.4 Å². The third-order valence-electron chi connectivity index (χ3n) is 8.85. The molecular formula is C41H79N2O6P. The van der Waals surface area contributed by atoms with Gasteiger partial charge in [0.1, 0.15) is 13.2 Å². The van der Waals surface area contributed by atoms with Gasteiger partial charge in [0.25, 0.3) is 7.82 Å². The van der Waals surface area contributed by atoms with Gasteiger partial charge in [-0.15, -0.1) is 0 Å². The number of aliphatic hydroxyl groups is 1. The van der Waals surface area contributed by atoms with Crippen LogP contribution in [0.2, 0.25) is 0 Å². The molecule has 0 aliphatic carbocycles. The molecule has 294 valence electrons. The molecule has 0 bridgehead atoms. The summed E-state index contributed by atoms with van der Waals surface area (Å²) in [6.45, 7) is 4.63. The predicted octanol–water partition coefficient (Wildman–Crippen LogP) is 10.1. The van der Waals surface area contributed by atoms with Gasteiger partial charge in [0, 0.05) is 6.42 Å². The number of carbonyl (C=O) groups is 1. The van der Waals surface area contributed by atoms with Gasteiger partial charge in [-0.2, -0.15) is 0 Å². The molecule has 0 aromatic carbocycles. The number of quaternary nitrogens is 1. The Kier molecular flexibility index (Phi) is 32.7. The van der Waals surface area contributed by atoms with Gasteiger partial charge in [0.05, 0.1) is 39.9 Å². The molecule has 0 aliphatic rings. The van der Waals surface area contributed by atoms with Crippen LogP contribution in [-0.4, -0.2) is 68.5 Å². The number of hydrogen-bond acceptors (Lipinski definition) is 6. The van der Waals surface area contributed by atoms with Gasteiger partial charge in [-0.25, -0.2) is 0 Å². The largest absolute Gasteiger partial charge is 0.756 e. The number of carbonyl (C=O) groups excluding carboxylic acids is 1. The van der Waals surface area contributed by atoms with E-state index in [0.717, 1.165) is 70.6 Å². The summed E-state index contributed by atoms with van der Waals surface area (Å²) in [7, 11) is 1.27. The molecule has 0 radical (unpaired) electrons. The van der Waals surface area contributed by atoms with Crippen molar-refractivity contribution in [2.24, 2.45) is 0 Å². The van der Waals surface area contributed by atoms with Gasteiger partial charge in [-0.1, -0.05) is 127 Å². The molecule has 0 aromatic heterocycles. The van der Waals surface area contributed by atoms with Crippen LogP contribution in [0, 0.1) is 0 Å². The van der Waals surface area contributed by atoms with E-state index in [9.17, 15) is 19.4 Å². The number of nitrogens with one attached hydrogen (secondary N) is 1. The molecule has 0 rings (SSSR count). The van der Waals surface area contributed by atoms with Gasteiger partial charge in [-0.3, -0.25) is 9.36 Å². The van der Waals surface area contributed by atoms with Crippen molar-refractivity contribution in [2.75, 3.05) is 40.9 Å². The van der Waals surface area contributed by atoms with Gasteiger partial charge in [0.2, 0.25) is 5.91 Å². The second-order valence-corrected chi connectivity index (χ2v) is 16.4. The number of phosphoric ester groups is 1. The van der Waals surface area contributed by atoms with Crippen molar-refractivity contribution in [1.29, 1.82) is 0 Å². The summed E-state index contributed by atoms with van der Waals surface area (Å²) in [5, 5.41) is 13.8. The number of nitrogens with zero attached hydrogens (tertiary/aromatic N) is 1. The van der Waals surface area contributed by atoms with E-state index in [1.54, 1.807) is 0 Å². The van der Waals surface area contributed by atoms with E-state index in [1.165, 1.54) is 70.6 Å². The number of rotatable bonds is 36. The van der Waals surface area contributed by atoms with Gasteiger partial charge < -0.3 is 28.8 Å². The van der Waals surface area contributed by atoms with E-state index in [4.69, 9.17) is 9.05 Å². The van der Waals surface area contributed by atoms with Gasteiger partial charge in [0.15, 0.2) is 0 Å². The maximum Gasteiger partial charge on any atom is 0.268 e. The summed E-state index contributed by atoms with van der Waals surface area (Å²) >= 11 is 0. The van der Waals surface area contributed by atoms with Crippen LogP contribution in [0.1, 0.15) is 168 Å². The lowest BCUT2D eigenvalue weighted by molar-refractivity contribution is -0.870. The molecule has 0 heterocycles. The average Bonchev–Trinajstić information content (AvgIpc) is 3.06. The standard InChI is InChI=1S/C41H79N2O6P/c1-6-8-10-12-14-16-18-20-21-23-25-27-29-31-33-35-41(45)42-39(38-49-50(46,47)48-37-36-43(3,4)5)40(44)34-32-30-28-26-24-22-19-17-15-13-11-9-7-2/h14,16,20-21,24,26,39-40,44H,6-13,15,17-19,22-23,25,27-38H2,1-5H3,(H-,42,45,46,47)/b16-14+,21-20+,26-24+/t39-,40+/m0/s1. The molecule has 0 saturated carbocycles. The predicted molar refractivity (Wildman–Crippen MR) is 210 cm³/mol. The lowest BCUT2D eigenvalue weighted by Crippen LogP contribution is -2.46. The Morgan fingerprint density at radius 2 is 1.16 bits per heavy atom. The molecule has 0 spiro atoms. The molecule has 50 heavy (non-hydrogen) atoms. The topological polar surface area (TPSA) is 108 Å². The first kappa shape index (κ1) is 48.7. The Morgan fingerprint density at radius 3 is 1.72 bits per heavy atom. The molecule has 3 atom stereocenters. The lowest BCUT2D eigenvalue weighted by atomic mass is 10.0. The highest BCUT2D eigenvalue weighted by Crippen LogP contribution is 2.38. The van der Waals surface area contributed by atoms with Crippen LogP contribution >= 0.6 is 7.82 Å². The minimum Gasteiger partial charge on any atom is -0.756 e. The van der Waals surface area contributed by atoms with Crippen molar-refractivity contribution in [2.45, 2.75) is 180 Å². The third kappa shape index (κ3) is 35.1. The van der Waals surface area contributed by atoms with Crippen LogP contribution in [0.25, 0.3) is 0 Å². The first-order valence-corrected chi connectivity index (χ1v) is 21.8. The Balaban J connectivity index is 4.51. The third-order valence-corrected chi connectivity index (χ3v) is 9.81. The molecule has 0 saturated heterocycles. The van der Waals surface area contributed by atoms with Crippen molar-refractivity contribution < 1.29 is 32.9 Å². The molecule has 2 N–H and O–H groups in total. The first-order valence-electron chi connectivity index (χ1n) is 20.3. The average molecular weight is 727 g/mol. The summed E-state index contributed by atoms with van der Waals surface area (Å²) < 4.78 is 23.2. The van der Waals surface area contributed by atoms with Gasteiger partial charge >= 0.3 is 0 Å². The van der Waals surface area contributed by atoms with Crippen molar-refractivity contribution in [3.8, 4) is 0 Å². The molecule has 1 amide bonds. The van der Waals surface area contributed by atoms with Gasteiger partial charge in [-0.05, 0) is 70.6 Å². The maximum absolute atomic E-state index is 12.8. The molecule has 1 unspecified atom stereocenters. The van der Waals surface area contributed by atoms with Crippen molar-refractivity contribution in [1.82, 2.24) is 5.32 Å². The minimum atomic E-state index is -4.57. The second kappa shape index (κ2) is 33.5.